The number of nitriles is 1. The molecule has 0 amide bonds. The number of ether oxygens (including phenoxy) is 1. The second-order valence-electron chi connectivity index (χ2n) is 5.07. The van der Waals surface area contributed by atoms with Crippen LogP contribution in [0.1, 0.15) is 36.8 Å². The molecule has 6 heteroatoms. The molecule has 1 aliphatic rings. The van der Waals surface area contributed by atoms with Crippen LogP contribution in [0.4, 0.5) is 18.9 Å². The van der Waals surface area contributed by atoms with Gasteiger partial charge in [0.2, 0.25) is 0 Å². The molecule has 1 N–H and O–H groups in total. The average Bonchev–Trinajstić information content (AvgIpc) is 2.95. The molecular formula is C15H17F3N2O. The molecule has 0 spiro atoms. The Bertz CT molecular complexity index is 517. The Kier molecular flexibility index (Phi) is 5.07. The van der Waals surface area contributed by atoms with Crippen molar-refractivity contribution in [2.75, 3.05) is 18.5 Å². The zero-order valence-corrected chi connectivity index (χ0v) is 11.5. The van der Waals surface area contributed by atoms with Gasteiger partial charge in [-0.1, -0.05) is 0 Å². The number of nitrogens with zero attached hydrogens (tertiary/aromatic N) is 1. The number of hydrogen-bond donors (Lipinski definition) is 1. The third kappa shape index (κ3) is 4.36. The van der Waals surface area contributed by atoms with Gasteiger partial charge >= 0.3 is 6.18 Å². The molecule has 1 saturated heterocycles. The Morgan fingerprint density at radius 1 is 1.38 bits per heavy atom. The molecule has 1 unspecified atom stereocenters. The van der Waals surface area contributed by atoms with Gasteiger partial charge in [0, 0.05) is 13.2 Å². The fourth-order valence-electron chi connectivity index (χ4n) is 2.39. The highest BCUT2D eigenvalue weighted by atomic mass is 19.4. The molecule has 1 aromatic rings. The van der Waals surface area contributed by atoms with Crippen LogP contribution in [0.5, 0.6) is 0 Å². The van der Waals surface area contributed by atoms with Crippen molar-refractivity contribution in [3.8, 4) is 6.07 Å². The van der Waals surface area contributed by atoms with Gasteiger partial charge in [-0.25, -0.2) is 0 Å². The van der Waals surface area contributed by atoms with E-state index < -0.39 is 11.7 Å². The Balaban J connectivity index is 1.89. The number of nitrogens with one attached hydrogen (secondary N) is 1. The Morgan fingerprint density at radius 2 is 2.19 bits per heavy atom. The molecule has 21 heavy (non-hydrogen) atoms. The van der Waals surface area contributed by atoms with Crippen molar-refractivity contribution in [2.45, 2.75) is 38.0 Å². The maximum Gasteiger partial charge on any atom is 0.416 e. The van der Waals surface area contributed by atoms with Crippen molar-refractivity contribution in [3.63, 3.8) is 0 Å². The van der Waals surface area contributed by atoms with Crippen LogP contribution in [-0.2, 0) is 10.9 Å². The molecule has 2 rings (SSSR count). The lowest BCUT2D eigenvalue weighted by atomic mass is 10.1. The smallest absolute Gasteiger partial charge is 0.384 e. The van der Waals surface area contributed by atoms with Crippen LogP contribution in [0.15, 0.2) is 18.2 Å². The summed E-state index contributed by atoms with van der Waals surface area (Å²) in [7, 11) is 0. The van der Waals surface area contributed by atoms with E-state index in [-0.39, 0.29) is 5.56 Å². The van der Waals surface area contributed by atoms with Crippen molar-refractivity contribution < 1.29 is 17.9 Å². The molecule has 0 saturated carbocycles. The van der Waals surface area contributed by atoms with Crippen LogP contribution >= 0.6 is 0 Å². The van der Waals surface area contributed by atoms with Crippen molar-refractivity contribution in [2.24, 2.45) is 0 Å². The summed E-state index contributed by atoms with van der Waals surface area (Å²) in [6.07, 6.45) is -0.176. The summed E-state index contributed by atoms with van der Waals surface area (Å²) in [5, 5.41) is 12.0. The van der Waals surface area contributed by atoms with E-state index in [9.17, 15) is 13.2 Å². The van der Waals surface area contributed by atoms with Gasteiger partial charge in [-0.15, -0.1) is 0 Å². The molecule has 114 valence electrons. The lowest BCUT2D eigenvalue weighted by molar-refractivity contribution is -0.137. The Labute approximate surface area is 121 Å². The second-order valence-corrected chi connectivity index (χ2v) is 5.07. The lowest BCUT2D eigenvalue weighted by Gasteiger charge is -2.13. The molecule has 3 nitrogen and oxygen atoms in total. The standard InChI is InChI=1S/C15H17F3N2O/c16-15(17,18)12-5-6-14(11(9-12)10-19)20-7-1-3-13-4-2-8-21-13/h5-6,9,13,20H,1-4,7-8H2. The average molecular weight is 298 g/mol. The summed E-state index contributed by atoms with van der Waals surface area (Å²) in [5.74, 6) is 0. The number of anilines is 1. The number of halogens is 3. The van der Waals surface area contributed by atoms with Gasteiger partial charge < -0.3 is 10.1 Å². The van der Waals surface area contributed by atoms with E-state index in [0.717, 1.165) is 44.4 Å². The number of alkyl halides is 3. The van der Waals surface area contributed by atoms with E-state index in [1.165, 1.54) is 6.07 Å². The minimum atomic E-state index is -4.43. The first-order valence-corrected chi connectivity index (χ1v) is 6.97. The van der Waals surface area contributed by atoms with Gasteiger partial charge in [0.1, 0.15) is 6.07 Å². The lowest BCUT2D eigenvalue weighted by Crippen LogP contribution is -2.10. The normalized spacial score (nSPS) is 18.5. The molecule has 1 aromatic carbocycles. The molecule has 1 heterocycles. The van der Waals surface area contributed by atoms with E-state index in [1.807, 2.05) is 0 Å². The van der Waals surface area contributed by atoms with Crippen LogP contribution in [0.25, 0.3) is 0 Å². The molecular weight excluding hydrogens is 281 g/mol. The fraction of sp³-hybridized carbons (Fsp3) is 0.533. The molecule has 0 aliphatic carbocycles. The van der Waals surface area contributed by atoms with Crippen molar-refractivity contribution in [1.29, 1.82) is 5.26 Å². The van der Waals surface area contributed by atoms with Gasteiger partial charge in [0.15, 0.2) is 0 Å². The fourth-order valence-corrected chi connectivity index (χ4v) is 2.39. The molecule has 1 fully saturated rings. The molecule has 0 radical (unpaired) electrons. The summed E-state index contributed by atoms with van der Waals surface area (Å²) >= 11 is 0. The Hall–Kier alpha value is -1.74. The SMILES string of the molecule is N#Cc1cc(C(F)(F)F)ccc1NCCCC1CCCO1. The van der Waals surface area contributed by atoms with Crippen LogP contribution in [0.3, 0.4) is 0 Å². The summed E-state index contributed by atoms with van der Waals surface area (Å²) in [6, 6.07) is 4.98. The van der Waals surface area contributed by atoms with Gasteiger partial charge in [-0.2, -0.15) is 18.4 Å². The second kappa shape index (κ2) is 6.81. The van der Waals surface area contributed by atoms with Gasteiger partial charge in [0.25, 0.3) is 0 Å². The predicted octanol–water partition coefficient (Wildman–Crippen LogP) is 3.95. The third-order valence-electron chi connectivity index (χ3n) is 3.51. The van der Waals surface area contributed by atoms with Gasteiger partial charge in [-0.05, 0) is 43.9 Å². The monoisotopic (exact) mass is 298 g/mol. The van der Waals surface area contributed by atoms with Gasteiger partial charge in [0.05, 0.1) is 22.9 Å². The first kappa shape index (κ1) is 15.6. The highest BCUT2D eigenvalue weighted by molar-refractivity contribution is 5.58. The first-order valence-electron chi connectivity index (χ1n) is 6.97. The quantitative estimate of drug-likeness (QED) is 0.837. The minimum Gasteiger partial charge on any atom is -0.384 e. The number of hydrogen-bond acceptors (Lipinski definition) is 3. The zero-order chi connectivity index (χ0) is 15.3. The molecule has 1 atom stereocenters. The van der Waals surface area contributed by atoms with Crippen LogP contribution in [-0.4, -0.2) is 19.3 Å². The molecule has 1 aliphatic heterocycles. The van der Waals surface area contributed by atoms with Gasteiger partial charge in [-0.3, -0.25) is 0 Å². The van der Waals surface area contributed by atoms with E-state index in [2.05, 4.69) is 5.32 Å². The molecule has 0 aromatic heterocycles. The van der Waals surface area contributed by atoms with E-state index >= 15 is 0 Å². The highest BCUT2D eigenvalue weighted by Gasteiger charge is 2.31. The van der Waals surface area contributed by atoms with E-state index in [4.69, 9.17) is 10.00 Å². The summed E-state index contributed by atoms with van der Waals surface area (Å²) in [6.45, 7) is 1.43. The van der Waals surface area contributed by atoms with E-state index in [1.54, 1.807) is 6.07 Å². The summed E-state index contributed by atoms with van der Waals surface area (Å²) in [5.41, 5.74) is -0.344. The number of benzene rings is 1. The van der Waals surface area contributed by atoms with E-state index in [0.29, 0.717) is 18.3 Å². The highest BCUT2D eigenvalue weighted by Crippen LogP contribution is 2.31. The van der Waals surface area contributed by atoms with Crippen molar-refractivity contribution in [3.05, 3.63) is 29.3 Å². The first-order chi connectivity index (χ1) is 10.0. The van der Waals surface area contributed by atoms with Crippen LogP contribution in [0, 0.1) is 11.3 Å². The Morgan fingerprint density at radius 3 is 2.81 bits per heavy atom. The maximum atomic E-state index is 12.6. The maximum absolute atomic E-state index is 12.6. The topological polar surface area (TPSA) is 45.0 Å². The summed E-state index contributed by atoms with van der Waals surface area (Å²) in [4.78, 5) is 0. The van der Waals surface area contributed by atoms with Crippen molar-refractivity contribution in [1.82, 2.24) is 0 Å². The van der Waals surface area contributed by atoms with Crippen LogP contribution in [0.2, 0.25) is 0 Å². The van der Waals surface area contributed by atoms with Crippen molar-refractivity contribution >= 4 is 5.69 Å². The summed E-state index contributed by atoms with van der Waals surface area (Å²) < 4.78 is 43.2. The third-order valence-corrected chi connectivity index (χ3v) is 3.51. The molecule has 0 bridgehead atoms. The zero-order valence-electron chi connectivity index (χ0n) is 11.5. The number of rotatable bonds is 5. The largest absolute Gasteiger partial charge is 0.416 e. The predicted molar refractivity (Wildman–Crippen MR) is 72.9 cm³/mol. The minimum absolute atomic E-state index is 0.0157. The van der Waals surface area contributed by atoms with Crippen LogP contribution < -0.4 is 5.32 Å².